The van der Waals surface area contributed by atoms with Crippen molar-refractivity contribution < 1.29 is 19.1 Å². The van der Waals surface area contributed by atoms with Gasteiger partial charge < -0.3 is 24.8 Å². The fraction of sp³-hybridized carbons (Fsp3) is 0.433. The van der Waals surface area contributed by atoms with Crippen molar-refractivity contribution in [3.8, 4) is 5.75 Å². The first-order valence-corrected chi connectivity index (χ1v) is 13.9. The molecule has 0 bridgehead atoms. The van der Waals surface area contributed by atoms with Crippen LogP contribution in [0.4, 0.5) is 0 Å². The highest BCUT2D eigenvalue weighted by Crippen LogP contribution is 2.24. The van der Waals surface area contributed by atoms with Gasteiger partial charge in [-0.25, -0.2) is 0 Å². The third kappa shape index (κ3) is 7.53. The normalized spacial score (nSPS) is 17.6. The van der Waals surface area contributed by atoms with Gasteiger partial charge in [0.25, 0.3) is 5.91 Å². The Kier molecular flexibility index (Phi) is 9.51. The van der Waals surface area contributed by atoms with Gasteiger partial charge in [0.2, 0.25) is 11.8 Å². The molecular weight excluding hydrogens is 516 g/mol. The molecule has 208 valence electrons. The summed E-state index contributed by atoms with van der Waals surface area (Å²) in [6, 6.07) is 12.6. The van der Waals surface area contributed by atoms with Crippen LogP contribution in [0.3, 0.4) is 0 Å². The fourth-order valence-electron chi connectivity index (χ4n) is 5.04. The van der Waals surface area contributed by atoms with Crippen LogP contribution >= 0.6 is 11.6 Å². The highest BCUT2D eigenvalue weighted by atomic mass is 35.5. The molecule has 2 aromatic carbocycles. The topological polar surface area (TPSA) is 92.7 Å². The summed E-state index contributed by atoms with van der Waals surface area (Å²) in [6.07, 6.45) is 4.16. The number of halogens is 1. The van der Waals surface area contributed by atoms with E-state index in [1.54, 1.807) is 23.1 Å². The number of hydrogen-bond donors (Lipinski definition) is 2. The molecule has 9 heteroatoms. The van der Waals surface area contributed by atoms with Gasteiger partial charge in [-0.1, -0.05) is 43.6 Å². The van der Waals surface area contributed by atoms with E-state index < -0.39 is 0 Å². The first kappa shape index (κ1) is 28.5. The van der Waals surface area contributed by atoms with E-state index in [0.717, 1.165) is 16.5 Å². The summed E-state index contributed by atoms with van der Waals surface area (Å²) in [5, 5.41) is 7.47. The van der Waals surface area contributed by atoms with Crippen LogP contribution in [0.25, 0.3) is 10.9 Å². The van der Waals surface area contributed by atoms with Crippen LogP contribution in [0.2, 0.25) is 5.02 Å². The minimum absolute atomic E-state index is 0.0310. The van der Waals surface area contributed by atoms with Gasteiger partial charge in [0, 0.05) is 42.3 Å². The summed E-state index contributed by atoms with van der Waals surface area (Å²) in [7, 11) is 1.96. The zero-order valence-electron chi connectivity index (χ0n) is 22.8. The summed E-state index contributed by atoms with van der Waals surface area (Å²) >= 11 is 6.16. The number of hydrogen-bond acceptors (Lipinski definition) is 4. The van der Waals surface area contributed by atoms with Gasteiger partial charge in [0.1, 0.15) is 12.4 Å². The number of aryl methyl sites for hydroxylation is 1. The zero-order valence-corrected chi connectivity index (χ0v) is 23.6. The van der Waals surface area contributed by atoms with Gasteiger partial charge in [0.05, 0.1) is 24.6 Å². The van der Waals surface area contributed by atoms with E-state index in [0.29, 0.717) is 54.6 Å². The van der Waals surface area contributed by atoms with Crippen LogP contribution in [0, 0.1) is 5.92 Å². The Hall–Kier alpha value is -3.52. The third-order valence-electron chi connectivity index (χ3n) is 6.90. The number of nitrogens with one attached hydrogen (secondary N) is 2. The SMILES string of the molecule is CC(C)C[C@@H]1COc2ccc(Cl)cc2C(=O)NCCCCN(C(=O)Cc2cn(C)c3ccccc23)CC(=O)N1. The van der Waals surface area contributed by atoms with Gasteiger partial charge in [-0.15, -0.1) is 0 Å². The molecule has 0 spiro atoms. The molecule has 0 fully saturated rings. The molecule has 0 saturated carbocycles. The predicted octanol–water partition coefficient (Wildman–Crippen LogP) is 4.34. The number of nitrogens with zero attached hydrogens (tertiary/aromatic N) is 2. The van der Waals surface area contributed by atoms with Crippen LogP contribution in [0.5, 0.6) is 5.75 Å². The number of rotatable bonds is 4. The van der Waals surface area contributed by atoms with E-state index >= 15 is 0 Å². The molecule has 39 heavy (non-hydrogen) atoms. The number of fused-ring (bicyclic) bond motifs is 2. The molecule has 2 N–H and O–H groups in total. The Morgan fingerprint density at radius 2 is 1.95 bits per heavy atom. The van der Waals surface area contributed by atoms with E-state index in [1.807, 2.05) is 42.1 Å². The van der Waals surface area contributed by atoms with Crippen molar-refractivity contribution in [1.82, 2.24) is 20.1 Å². The number of aromatic nitrogens is 1. The second-order valence-electron chi connectivity index (χ2n) is 10.6. The molecule has 3 amide bonds. The van der Waals surface area contributed by atoms with Crippen molar-refractivity contribution in [3.05, 3.63) is 64.8 Å². The van der Waals surface area contributed by atoms with Crippen molar-refractivity contribution in [2.24, 2.45) is 13.0 Å². The van der Waals surface area contributed by atoms with Crippen molar-refractivity contribution in [1.29, 1.82) is 0 Å². The van der Waals surface area contributed by atoms with E-state index in [2.05, 4.69) is 24.5 Å². The summed E-state index contributed by atoms with van der Waals surface area (Å²) in [4.78, 5) is 41.2. The summed E-state index contributed by atoms with van der Waals surface area (Å²) < 4.78 is 8.05. The van der Waals surface area contributed by atoms with Crippen LogP contribution in [-0.2, 0) is 23.1 Å². The third-order valence-corrected chi connectivity index (χ3v) is 7.13. The monoisotopic (exact) mass is 552 g/mol. The molecule has 1 aliphatic rings. The van der Waals surface area contributed by atoms with Crippen molar-refractivity contribution >= 4 is 40.2 Å². The minimum atomic E-state index is -0.288. The van der Waals surface area contributed by atoms with Crippen LogP contribution in [-0.4, -0.2) is 59.5 Å². The maximum absolute atomic E-state index is 13.5. The van der Waals surface area contributed by atoms with E-state index in [9.17, 15) is 14.4 Å². The van der Waals surface area contributed by atoms with Crippen molar-refractivity contribution in [2.45, 2.75) is 45.6 Å². The maximum atomic E-state index is 13.5. The Balaban J connectivity index is 1.53. The van der Waals surface area contributed by atoms with E-state index in [4.69, 9.17) is 16.3 Å². The molecule has 2 heterocycles. The molecule has 3 aromatic rings. The first-order valence-electron chi connectivity index (χ1n) is 13.5. The minimum Gasteiger partial charge on any atom is -0.491 e. The largest absolute Gasteiger partial charge is 0.491 e. The first-order chi connectivity index (χ1) is 18.7. The lowest BCUT2D eigenvalue weighted by Gasteiger charge is -2.25. The number of ether oxygens (including phenoxy) is 1. The van der Waals surface area contributed by atoms with Crippen molar-refractivity contribution in [2.75, 3.05) is 26.2 Å². The Morgan fingerprint density at radius 3 is 2.74 bits per heavy atom. The molecule has 0 unspecified atom stereocenters. The fourth-order valence-corrected chi connectivity index (χ4v) is 5.21. The number of benzene rings is 2. The molecule has 0 aliphatic carbocycles. The number of carbonyl (C=O) groups excluding carboxylic acids is 3. The van der Waals surface area contributed by atoms with Gasteiger partial charge >= 0.3 is 0 Å². The highest BCUT2D eigenvalue weighted by Gasteiger charge is 2.23. The van der Waals surface area contributed by atoms with Crippen LogP contribution in [0.15, 0.2) is 48.7 Å². The predicted molar refractivity (Wildman–Crippen MR) is 153 cm³/mol. The average Bonchev–Trinajstić information content (AvgIpc) is 3.20. The van der Waals surface area contributed by atoms with Crippen molar-refractivity contribution in [3.63, 3.8) is 0 Å². The Morgan fingerprint density at radius 1 is 1.15 bits per heavy atom. The van der Waals surface area contributed by atoms with E-state index in [1.165, 1.54) is 0 Å². The average molecular weight is 553 g/mol. The molecule has 1 aliphatic heterocycles. The Bertz CT molecular complexity index is 1340. The van der Waals surface area contributed by atoms with Gasteiger partial charge in [-0.3, -0.25) is 14.4 Å². The number of amides is 3. The molecule has 1 aromatic heterocycles. The smallest absolute Gasteiger partial charge is 0.255 e. The van der Waals surface area contributed by atoms with Gasteiger partial charge in [-0.2, -0.15) is 0 Å². The molecular formula is C30H37ClN4O4. The van der Waals surface area contributed by atoms with Gasteiger partial charge in [0.15, 0.2) is 0 Å². The second kappa shape index (κ2) is 13.0. The Labute approximate surface area is 234 Å². The summed E-state index contributed by atoms with van der Waals surface area (Å²) in [5.74, 6) is 0.125. The lowest BCUT2D eigenvalue weighted by molar-refractivity contribution is -0.136. The summed E-state index contributed by atoms with van der Waals surface area (Å²) in [5.41, 5.74) is 2.35. The van der Waals surface area contributed by atoms with E-state index in [-0.39, 0.29) is 43.3 Å². The maximum Gasteiger partial charge on any atom is 0.255 e. The zero-order chi connectivity index (χ0) is 27.9. The highest BCUT2D eigenvalue weighted by molar-refractivity contribution is 6.31. The quantitative estimate of drug-likeness (QED) is 0.504. The van der Waals surface area contributed by atoms with Crippen LogP contribution < -0.4 is 15.4 Å². The van der Waals surface area contributed by atoms with Crippen LogP contribution in [0.1, 0.15) is 49.0 Å². The summed E-state index contributed by atoms with van der Waals surface area (Å²) in [6.45, 7) is 5.15. The lowest BCUT2D eigenvalue weighted by Crippen LogP contribution is -2.47. The molecule has 4 rings (SSSR count). The number of carbonyl (C=O) groups is 3. The molecule has 1 atom stereocenters. The second-order valence-corrected chi connectivity index (χ2v) is 11.0. The molecule has 8 nitrogen and oxygen atoms in total. The lowest BCUT2D eigenvalue weighted by atomic mass is 10.0. The van der Waals surface area contributed by atoms with Gasteiger partial charge in [-0.05, 0) is 55.0 Å². The number of para-hydroxylation sites is 1. The molecule has 0 radical (unpaired) electrons. The molecule has 0 saturated heterocycles. The standard InChI is InChI=1S/C30H37ClN4O4/c1-20(2)14-23-19-39-27-11-10-22(31)16-25(27)30(38)32-12-6-7-13-35(18-28(36)33-23)29(37)15-21-17-34(3)26-9-5-4-8-24(21)26/h4-5,8-11,16-17,20,23H,6-7,12-15,18-19H2,1-3H3,(H,32,38)(H,33,36)/t23-/m1/s1.